The third-order valence-corrected chi connectivity index (χ3v) is 2.30. The highest BCUT2D eigenvalue weighted by Crippen LogP contribution is 2.18. The Kier molecular flexibility index (Phi) is 3.45. The third-order valence-electron chi connectivity index (χ3n) is 2.30. The van der Waals surface area contributed by atoms with Crippen molar-refractivity contribution in [2.45, 2.75) is 6.92 Å². The zero-order valence-electron chi connectivity index (χ0n) is 9.55. The van der Waals surface area contributed by atoms with Crippen LogP contribution < -0.4 is 5.32 Å². The van der Waals surface area contributed by atoms with E-state index in [0.29, 0.717) is 23.5 Å². The third kappa shape index (κ3) is 2.47. The van der Waals surface area contributed by atoms with E-state index in [9.17, 15) is 4.79 Å². The van der Waals surface area contributed by atoms with E-state index in [-0.39, 0.29) is 5.91 Å². The highest BCUT2D eigenvalue weighted by molar-refractivity contribution is 5.99. The Morgan fingerprint density at radius 1 is 1.18 bits per heavy atom. The first-order valence-electron chi connectivity index (χ1n) is 5.47. The number of pyridine rings is 2. The first-order chi connectivity index (χ1) is 8.33. The standard InChI is InChI=1S/C13H13N3O/c1-2-14-13(17)10-6-5-9-16-12(10)11-7-3-4-8-15-11/h3-9H,2H2,1H3,(H,14,17). The minimum absolute atomic E-state index is 0.124. The predicted octanol–water partition coefficient (Wildman–Crippen LogP) is 1.89. The molecule has 0 saturated carbocycles. The van der Waals surface area contributed by atoms with Crippen LogP contribution in [0.1, 0.15) is 17.3 Å². The molecule has 4 nitrogen and oxygen atoms in total. The Labute approximate surface area is 99.7 Å². The summed E-state index contributed by atoms with van der Waals surface area (Å²) in [5.41, 5.74) is 1.86. The lowest BCUT2D eigenvalue weighted by Crippen LogP contribution is -2.23. The zero-order chi connectivity index (χ0) is 12.1. The highest BCUT2D eigenvalue weighted by Gasteiger charge is 2.13. The van der Waals surface area contributed by atoms with E-state index in [1.807, 2.05) is 25.1 Å². The smallest absolute Gasteiger partial charge is 0.253 e. The molecule has 0 aliphatic rings. The van der Waals surface area contributed by atoms with Crippen molar-refractivity contribution in [2.75, 3.05) is 6.54 Å². The molecule has 0 aliphatic carbocycles. The van der Waals surface area contributed by atoms with Crippen LogP contribution in [0.3, 0.4) is 0 Å². The second-order valence-corrected chi connectivity index (χ2v) is 3.47. The molecule has 0 atom stereocenters. The second-order valence-electron chi connectivity index (χ2n) is 3.47. The van der Waals surface area contributed by atoms with Crippen LogP contribution in [0.25, 0.3) is 11.4 Å². The van der Waals surface area contributed by atoms with Gasteiger partial charge in [-0.25, -0.2) is 0 Å². The fraction of sp³-hybridized carbons (Fsp3) is 0.154. The average Bonchev–Trinajstić information content (AvgIpc) is 2.40. The molecule has 0 unspecified atom stereocenters. The molecule has 2 aromatic heterocycles. The molecule has 4 heteroatoms. The van der Waals surface area contributed by atoms with Crippen LogP contribution in [0.4, 0.5) is 0 Å². The normalized spacial score (nSPS) is 9.94. The van der Waals surface area contributed by atoms with Gasteiger partial charge in [0.25, 0.3) is 5.91 Å². The Balaban J connectivity index is 2.45. The summed E-state index contributed by atoms with van der Waals surface area (Å²) in [7, 11) is 0. The molecule has 0 aliphatic heterocycles. The van der Waals surface area contributed by atoms with Crippen molar-refractivity contribution in [3.63, 3.8) is 0 Å². The van der Waals surface area contributed by atoms with Crippen molar-refractivity contribution in [1.82, 2.24) is 15.3 Å². The lowest BCUT2D eigenvalue weighted by atomic mass is 10.1. The summed E-state index contributed by atoms with van der Waals surface area (Å²) in [6.07, 6.45) is 3.35. The molecule has 0 spiro atoms. The number of hydrogen-bond acceptors (Lipinski definition) is 3. The second kappa shape index (κ2) is 5.21. The number of carbonyl (C=O) groups is 1. The fourth-order valence-electron chi connectivity index (χ4n) is 1.55. The molecular weight excluding hydrogens is 214 g/mol. The summed E-state index contributed by atoms with van der Waals surface area (Å²) in [5.74, 6) is -0.124. The molecule has 0 radical (unpaired) electrons. The van der Waals surface area contributed by atoms with Crippen LogP contribution in [-0.2, 0) is 0 Å². The Morgan fingerprint density at radius 3 is 2.71 bits per heavy atom. The number of amides is 1. The topological polar surface area (TPSA) is 54.9 Å². The zero-order valence-corrected chi connectivity index (χ0v) is 9.55. The minimum Gasteiger partial charge on any atom is -0.352 e. The molecular formula is C13H13N3O. The molecule has 2 rings (SSSR count). The Morgan fingerprint density at radius 2 is 2.00 bits per heavy atom. The first-order valence-corrected chi connectivity index (χ1v) is 5.47. The molecule has 0 aromatic carbocycles. The van der Waals surface area contributed by atoms with Crippen molar-refractivity contribution in [1.29, 1.82) is 0 Å². The maximum atomic E-state index is 11.9. The number of aromatic nitrogens is 2. The van der Waals surface area contributed by atoms with Gasteiger partial charge in [0.1, 0.15) is 5.69 Å². The van der Waals surface area contributed by atoms with Crippen LogP contribution in [0.15, 0.2) is 42.7 Å². The predicted molar refractivity (Wildman–Crippen MR) is 65.5 cm³/mol. The van der Waals surface area contributed by atoms with Crippen molar-refractivity contribution in [3.8, 4) is 11.4 Å². The first kappa shape index (κ1) is 11.3. The molecule has 2 heterocycles. The van der Waals surface area contributed by atoms with E-state index >= 15 is 0 Å². The van der Waals surface area contributed by atoms with Gasteiger partial charge in [-0.1, -0.05) is 6.07 Å². The summed E-state index contributed by atoms with van der Waals surface area (Å²) in [4.78, 5) is 20.3. The van der Waals surface area contributed by atoms with Crippen LogP contribution in [0, 0.1) is 0 Å². The van der Waals surface area contributed by atoms with E-state index in [0.717, 1.165) is 0 Å². The van der Waals surface area contributed by atoms with E-state index in [2.05, 4.69) is 15.3 Å². The van der Waals surface area contributed by atoms with Gasteiger partial charge in [-0.2, -0.15) is 0 Å². The average molecular weight is 227 g/mol. The molecule has 17 heavy (non-hydrogen) atoms. The Hall–Kier alpha value is -2.23. The van der Waals surface area contributed by atoms with Gasteiger partial charge in [0, 0.05) is 18.9 Å². The number of nitrogens with one attached hydrogen (secondary N) is 1. The van der Waals surface area contributed by atoms with Crippen LogP contribution in [-0.4, -0.2) is 22.4 Å². The van der Waals surface area contributed by atoms with E-state index < -0.39 is 0 Å². The quantitative estimate of drug-likeness (QED) is 0.871. The number of rotatable bonds is 3. The van der Waals surface area contributed by atoms with E-state index in [1.54, 1.807) is 24.5 Å². The maximum Gasteiger partial charge on any atom is 0.253 e. The van der Waals surface area contributed by atoms with Crippen LogP contribution in [0.5, 0.6) is 0 Å². The van der Waals surface area contributed by atoms with Crippen LogP contribution >= 0.6 is 0 Å². The molecule has 86 valence electrons. The van der Waals surface area contributed by atoms with Gasteiger partial charge in [-0.15, -0.1) is 0 Å². The van der Waals surface area contributed by atoms with Gasteiger partial charge in [0.05, 0.1) is 11.3 Å². The number of hydrogen-bond donors (Lipinski definition) is 1. The minimum atomic E-state index is -0.124. The summed E-state index contributed by atoms with van der Waals surface area (Å²) >= 11 is 0. The van der Waals surface area contributed by atoms with Crippen molar-refractivity contribution < 1.29 is 4.79 Å². The monoisotopic (exact) mass is 227 g/mol. The molecule has 1 N–H and O–H groups in total. The van der Waals surface area contributed by atoms with Gasteiger partial charge in [0.2, 0.25) is 0 Å². The van der Waals surface area contributed by atoms with Gasteiger partial charge < -0.3 is 5.32 Å². The summed E-state index contributed by atoms with van der Waals surface area (Å²) < 4.78 is 0. The van der Waals surface area contributed by atoms with E-state index in [1.165, 1.54) is 0 Å². The van der Waals surface area contributed by atoms with Crippen LogP contribution in [0.2, 0.25) is 0 Å². The number of nitrogens with zero attached hydrogens (tertiary/aromatic N) is 2. The molecule has 0 saturated heterocycles. The lowest BCUT2D eigenvalue weighted by molar-refractivity contribution is 0.0956. The van der Waals surface area contributed by atoms with Gasteiger partial charge in [0.15, 0.2) is 0 Å². The van der Waals surface area contributed by atoms with Crippen molar-refractivity contribution >= 4 is 5.91 Å². The summed E-state index contributed by atoms with van der Waals surface area (Å²) in [6.45, 7) is 2.48. The molecule has 1 amide bonds. The summed E-state index contributed by atoms with van der Waals surface area (Å²) in [6, 6.07) is 9.04. The number of carbonyl (C=O) groups excluding carboxylic acids is 1. The molecule has 0 bridgehead atoms. The summed E-state index contributed by atoms with van der Waals surface area (Å²) in [5, 5.41) is 2.77. The molecule has 2 aromatic rings. The van der Waals surface area contributed by atoms with Crippen molar-refractivity contribution in [2.24, 2.45) is 0 Å². The Bertz CT molecular complexity index is 511. The largest absolute Gasteiger partial charge is 0.352 e. The van der Waals surface area contributed by atoms with Gasteiger partial charge >= 0.3 is 0 Å². The maximum absolute atomic E-state index is 11.9. The fourth-order valence-corrected chi connectivity index (χ4v) is 1.55. The molecule has 0 fully saturated rings. The van der Waals surface area contributed by atoms with Crippen molar-refractivity contribution in [3.05, 3.63) is 48.3 Å². The van der Waals surface area contributed by atoms with E-state index in [4.69, 9.17) is 0 Å². The SMILES string of the molecule is CCNC(=O)c1cccnc1-c1ccccn1. The van der Waals surface area contributed by atoms with Gasteiger partial charge in [-0.3, -0.25) is 14.8 Å². The van der Waals surface area contributed by atoms with Gasteiger partial charge in [-0.05, 0) is 31.2 Å². The lowest BCUT2D eigenvalue weighted by Gasteiger charge is -2.07. The highest BCUT2D eigenvalue weighted by atomic mass is 16.1.